The summed E-state index contributed by atoms with van der Waals surface area (Å²) in [7, 11) is 0. The van der Waals surface area contributed by atoms with Gasteiger partial charge in [-0.3, -0.25) is 4.79 Å². The van der Waals surface area contributed by atoms with Gasteiger partial charge in [0.25, 0.3) is 0 Å². The highest BCUT2D eigenvalue weighted by Crippen LogP contribution is 2.15. The molecule has 0 heterocycles. The normalized spacial score (nSPS) is 10.6. The van der Waals surface area contributed by atoms with Gasteiger partial charge >= 0.3 is 5.97 Å². The molecule has 0 fully saturated rings. The van der Waals surface area contributed by atoms with Gasteiger partial charge < -0.3 is 4.74 Å². The van der Waals surface area contributed by atoms with E-state index in [1.807, 2.05) is 26.2 Å². The molecule has 0 spiro atoms. The van der Waals surface area contributed by atoms with E-state index in [0.29, 0.717) is 12.4 Å². The molecule has 0 radical (unpaired) electrons. The zero-order valence-electron chi connectivity index (χ0n) is 8.29. The van der Waals surface area contributed by atoms with Crippen molar-refractivity contribution in [3.63, 3.8) is 0 Å². The molecule has 0 N–H and O–H groups in total. The highest BCUT2D eigenvalue weighted by molar-refractivity contribution is 8.03. The average molecular weight is 201 g/mol. The molecule has 74 valence electrons. The van der Waals surface area contributed by atoms with Crippen molar-refractivity contribution in [1.82, 2.24) is 0 Å². The Bertz CT molecular complexity index is 203. The molecule has 0 atom stereocenters. The van der Waals surface area contributed by atoms with Gasteiger partial charge in [0.05, 0.1) is 12.0 Å². The molecule has 0 amide bonds. The van der Waals surface area contributed by atoms with E-state index in [0.717, 1.165) is 6.42 Å². The first kappa shape index (κ1) is 12.3. The smallest absolute Gasteiger partial charge is 0.311 e. The van der Waals surface area contributed by atoms with Gasteiger partial charge in [-0.2, -0.15) is 5.26 Å². The van der Waals surface area contributed by atoms with Gasteiger partial charge in [0.15, 0.2) is 0 Å². The number of hydrogen-bond acceptors (Lipinski definition) is 4. The van der Waals surface area contributed by atoms with E-state index in [2.05, 4.69) is 0 Å². The van der Waals surface area contributed by atoms with Crippen molar-refractivity contribution in [1.29, 1.82) is 5.26 Å². The quantitative estimate of drug-likeness (QED) is 0.397. The molecule has 0 saturated carbocycles. The highest BCUT2D eigenvalue weighted by atomic mass is 32.2. The summed E-state index contributed by atoms with van der Waals surface area (Å²) in [6.07, 6.45) is 0.736. The monoisotopic (exact) mass is 201 g/mol. The molecule has 0 unspecified atom stereocenters. The summed E-state index contributed by atoms with van der Waals surface area (Å²) in [6.45, 7) is 5.86. The maximum absolute atomic E-state index is 11.2. The van der Waals surface area contributed by atoms with Crippen LogP contribution in [0.3, 0.4) is 0 Å². The number of carbonyl (C=O) groups excluding carboxylic acids is 1. The maximum Gasteiger partial charge on any atom is 0.311 e. The Kier molecular flexibility index (Phi) is 5.56. The van der Waals surface area contributed by atoms with Crippen LogP contribution in [0, 0.1) is 16.1 Å². The number of thioether (sulfide) groups is 1. The molecular formula is C9H15NO2S. The number of rotatable bonds is 4. The lowest BCUT2D eigenvalue weighted by atomic mass is 9.97. The van der Waals surface area contributed by atoms with E-state index >= 15 is 0 Å². The van der Waals surface area contributed by atoms with Crippen LogP contribution in [0.5, 0.6) is 0 Å². The van der Waals surface area contributed by atoms with E-state index in [9.17, 15) is 4.79 Å². The van der Waals surface area contributed by atoms with Crippen LogP contribution in [0.1, 0.15) is 27.2 Å². The predicted molar refractivity (Wildman–Crippen MR) is 53.1 cm³/mol. The zero-order chi connectivity index (χ0) is 10.3. The lowest BCUT2D eigenvalue weighted by molar-refractivity contribution is -0.152. The molecule has 0 saturated heterocycles. The van der Waals surface area contributed by atoms with Crippen molar-refractivity contribution in [3.8, 4) is 5.40 Å². The maximum atomic E-state index is 11.2. The van der Waals surface area contributed by atoms with Crippen LogP contribution in [0.4, 0.5) is 0 Å². The molecule has 0 aromatic carbocycles. The standard InChI is InChI=1S/C9H15NO2S/c1-9(2,3)8(11)12-5-4-6-13-7-10/h4-6H2,1-3H3. The Hall–Kier alpha value is -0.690. The number of nitrogens with zero attached hydrogens (tertiary/aromatic N) is 1. The molecule has 0 aliphatic carbocycles. The molecule has 0 aromatic heterocycles. The van der Waals surface area contributed by atoms with Crippen LogP contribution in [-0.4, -0.2) is 18.3 Å². The fraction of sp³-hybridized carbons (Fsp3) is 0.778. The van der Waals surface area contributed by atoms with Gasteiger partial charge in [-0.15, -0.1) is 0 Å². The summed E-state index contributed by atoms with van der Waals surface area (Å²) in [5.41, 5.74) is -0.428. The molecule has 13 heavy (non-hydrogen) atoms. The van der Waals surface area contributed by atoms with Crippen molar-refractivity contribution in [2.75, 3.05) is 12.4 Å². The summed E-state index contributed by atoms with van der Waals surface area (Å²) >= 11 is 1.18. The van der Waals surface area contributed by atoms with E-state index in [1.54, 1.807) is 0 Å². The molecule has 0 aliphatic heterocycles. The van der Waals surface area contributed by atoms with Crippen molar-refractivity contribution >= 4 is 17.7 Å². The van der Waals surface area contributed by atoms with Crippen LogP contribution in [0.25, 0.3) is 0 Å². The summed E-state index contributed by atoms with van der Waals surface area (Å²) in [5, 5.41) is 10.2. The topological polar surface area (TPSA) is 50.1 Å². The molecule has 0 bridgehead atoms. The Labute approximate surface area is 83.4 Å². The number of ether oxygens (including phenoxy) is 1. The molecular weight excluding hydrogens is 186 g/mol. The third kappa shape index (κ3) is 6.47. The van der Waals surface area contributed by atoms with Gasteiger partial charge in [-0.05, 0) is 39.0 Å². The van der Waals surface area contributed by atoms with E-state index in [1.165, 1.54) is 11.8 Å². The van der Waals surface area contributed by atoms with Crippen LogP contribution >= 0.6 is 11.8 Å². The van der Waals surface area contributed by atoms with E-state index in [4.69, 9.17) is 10.00 Å². The summed E-state index contributed by atoms with van der Waals surface area (Å²) in [5.74, 6) is 0.531. The van der Waals surface area contributed by atoms with Crippen molar-refractivity contribution < 1.29 is 9.53 Å². The second kappa shape index (κ2) is 5.87. The lowest BCUT2D eigenvalue weighted by Crippen LogP contribution is -2.23. The molecule has 0 aliphatic rings. The number of hydrogen-bond donors (Lipinski definition) is 0. The third-order valence-electron chi connectivity index (χ3n) is 1.30. The van der Waals surface area contributed by atoms with Gasteiger partial charge in [0.2, 0.25) is 0 Å². The number of carbonyl (C=O) groups is 1. The van der Waals surface area contributed by atoms with Crippen LogP contribution < -0.4 is 0 Å². The molecule has 4 heteroatoms. The molecule has 0 rings (SSSR count). The van der Waals surface area contributed by atoms with E-state index in [-0.39, 0.29) is 5.97 Å². The predicted octanol–water partition coefficient (Wildman–Crippen LogP) is 2.18. The first-order valence-corrected chi connectivity index (χ1v) is 5.15. The molecule has 3 nitrogen and oxygen atoms in total. The fourth-order valence-corrected chi connectivity index (χ4v) is 0.912. The Morgan fingerprint density at radius 3 is 2.62 bits per heavy atom. The molecule has 0 aromatic rings. The first-order valence-electron chi connectivity index (χ1n) is 4.16. The second-order valence-corrected chi connectivity index (χ2v) is 4.56. The number of thiocyanates is 1. The zero-order valence-corrected chi connectivity index (χ0v) is 9.11. The van der Waals surface area contributed by atoms with Crippen molar-refractivity contribution in [2.45, 2.75) is 27.2 Å². The van der Waals surface area contributed by atoms with Gasteiger partial charge in [-0.1, -0.05) is 0 Å². The minimum absolute atomic E-state index is 0.186. The Morgan fingerprint density at radius 1 is 1.54 bits per heavy atom. The van der Waals surface area contributed by atoms with Crippen LogP contribution in [-0.2, 0) is 9.53 Å². The SMILES string of the molecule is CC(C)(C)C(=O)OCCCSC#N. The first-order chi connectivity index (χ1) is 5.98. The van der Waals surface area contributed by atoms with Gasteiger partial charge in [0.1, 0.15) is 5.40 Å². The van der Waals surface area contributed by atoms with Gasteiger partial charge in [-0.25, -0.2) is 0 Å². The lowest BCUT2D eigenvalue weighted by Gasteiger charge is -2.16. The summed E-state index contributed by atoms with van der Waals surface area (Å²) < 4.78 is 4.99. The third-order valence-corrected chi connectivity index (χ3v) is 1.92. The largest absolute Gasteiger partial charge is 0.465 e. The second-order valence-electron chi connectivity index (χ2n) is 3.68. The number of nitriles is 1. The minimum Gasteiger partial charge on any atom is -0.465 e. The highest BCUT2D eigenvalue weighted by Gasteiger charge is 2.22. The van der Waals surface area contributed by atoms with Gasteiger partial charge in [0, 0.05) is 5.75 Å². The Balaban J connectivity index is 3.45. The van der Waals surface area contributed by atoms with Crippen molar-refractivity contribution in [3.05, 3.63) is 0 Å². The Morgan fingerprint density at radius 2 is 2.15 bits per heavy atom. The van der Waals surface area contributed by atoms with Crippen LogP contribution in [0.2, 0.25) is 0 Å². The fourth-order valence-electron chi connectivity index (χ4n) is 0.558. The minimum atomic E-state index is -0.428. The number of esters is 1. The van der Waals surface area contributed by atoms with Crippen LogP contribution in [0.15, 0.2) is 0 Å². The summed E-state index contributed by atoms with van der Waals surface area (Å²) in [4.78, 5) is 11.2. The average Bonchev–Trinajstić information content (AvgIpc) is 2.02. The van der Waals surface area contributed by atoms with E-state index < -0.39 is 5.41 Å². The summed E-state index contributed by atoms with van der Waals surface area (Å²) in [6, 6.07) is 0. The van der Waals surface area contributed by atoms with Crippen molar-refractivity contribution in [2.24, 2.45) is 5.41 Å².